The number of rotatable bonds is 4. The number of hydrogen-bond donors (Lipinski definition) is 0. The van der Waals surface area contributed by atoms with E-state index in [1.165, 1.54) is 0 Å². The van der Waals surface area contributed by atoms with Gasteiger partial charge in [-0.2, -0.15) is 0 Å². The van der Waals surface area contributed by atoms with Crippen LogP contribution >= 0.6 is 11.6 Å². The lowest BCUT2D eigenvalue weighted by Crippen LogP contribution is -2.33. The zero-order chi connectivity index (χ0) is 12.1. The van der Waals surface area contributed by atoms with Gasteiger partial charge in [-0.15, -0.1) is 11.6 Å². The van der Waals surface area contributed by atoms with Crippen LogP contribution in [0.25, 0.3) is 0 Å². The molecule has 1 fully saturated rings. The van der Waals surface area contributed by atoms with Gasteiger partial charge in [-0.1, -0.05) is 18.2 Å². The molecule has 1 aliphatic rings. The van der Waals surface area contributed by atoms with Crippen molar-refractivity contribution in [2.24, 2.45) is 5.92 Å². The van der Waals surface area contributed by atoms with Gasteiger partial charge in [0.2, 0.25) is 0 Å². The van der Waals surface area contributed by atoms with Gasteiger partial charge in [0.1, 0.15) is 5.75 Å². The summed E-state index contributed by atoms with van der Waals surface area (Å²) in [7, 11) is 0. The number of nitrogens with zero attached hydrogens (tertiary/aromatic N) is 1. The van der Waals surface area contributed by atoms with Crippen molar-refractivity contribution in [2.75, 3.05) is 25.6 Å². The average molecular weight is 254 g/mol. The van der Waals surface area contributed by atoms with E-state index in [2.05, 4.69) is 0 Å². The highest BCUT2D eigenvalue weighted by molar-refractivity contribution is 6.18. The number of halogens is 1. The van der Waals surface area contributed by atoms with E-state index < -0.39 is 0 Å². The minimum atomic E-state index is 0.0430. The molecule has 1 amide bonds. The number of ether oxygens (including phenoxy) is 1. The molecule has 17 heavy (non-hydrogen) atoms. The Kier molecular flexibility index (Phi) is 4.26. The summed E-state index contributed by atoms with van der Waals surface area (Å²) in [5.74, 6) is 1.84. The number of benzene rings is 1. The smallest absolute Gasteiger partial charge is 0.260 e. The van der Waals surface area contributed by atoms with Crippen LogP contribution in [0.5, 0.6) is 5.75 Å². The molecule has 3 nitrogen and oxygen atoms in total. The number of para-hydroxylation sites is 1. The molecule has 2 rings (SSSR count). The third-order valence-electron chi connectivity index (χ3n) is 2.96. The highest BCUT2D eigenvalue weighted by atomic mass is 35.5. The van der Waals surface area contributed by atoms with E-state index >= 15 is 0 Å². The molecule has 0 N–H and O–H groups in total. The lowest BCUT2D eigenvalue weighted by atomic mass is 10.2. The van der Waals surface area contributed by atoms with E-state index in [0.29, 0.717) is 11.8 Å². The number of likely N-dealkylation sites (tertiary alicyclic amines) is 1. The van der Waals surface area contributed by atoms with Crippen LogP contribution in [0.2, 0.25) is 0 Å². The Bertz CT molecular complexity index is 369. The Balaban J connectivity index is 1.78. The molecule has 92 valence electrons. The lowest BCUT2D eigenvalue weighted by molar-refractivity contribution is -0.132. The number of amides is 1. The monoisotopic (exact) mass is 253 g/mol. The second-order valence-corrected chi connectivity index (χ2v) is 4.56. The van der Waals surface area contributed by atoms with E-state index in [1.807, 2.05) is 35.2 Å². The molecule has 0 bridgehead atoms. The van der Waals surface area contributed by atoms with E-state index in [1.54, 1.807) is 0 Å². The Morgan fingerprint density at radius 3 is 2.82 bits per heavy atom. The van der Waals surface area contributed by atoms with Crippen LogP contribution in [0.15, 0.2) is 30.3 Å². The van der Waals surface area contributed by atoms with Gasteiger partial charge in [-0.3, -0.25) is 4.79 Å². The Morgan fingerprint density at radius 1 is 1.41 bits per heavy atom. The summed E-state index contributed by atoms with van der Waals surface area (Å²) in [6.45, 7) is 1.67. The van der Waals surface area contributed by atoms with Crippen molar-refractivity contribution < 1.29 is 9.53 Å². The first-order valence-electron chi connectivity index (χ1n) is 5.81. The summed E-state index contributed by atoms with van der Waals surface area (Å²) < 4.78 is 5.42. The second kappa shape index (κ2) is 5.92. The maximum absolute atomic E-state index is 11.8. The molecule has 1 aromatic carbocycles. The molecule has 0 saturated carbocycles. The van der Waals surface area contributed by atoms with Gasteiger partial charge < -0.3 is 9.64 Å². The van der Waals surface area contributed by atoms with Crippen LogP contribution < -0.4 is 4.74 Å². The first-order chi connectivity index (χ1) is 8.29. The van der Waals surface area contributed by atoms with Crippen LogP contribution in [0, 0.1) is 5.92 Å². The maximum Gasteiger partial charge on any atom is 0.260 e. The number of hydrogen-bond acceptors (Lipinski definition) is 2. The van der Waals surface area contributed by atoms with Crippen LogP contribution in [0.4, 0.5) is 0 Å². The molecule has 0 spiro atoms. The Hall–Kier alpha value is -1.22. The van der Waals surface area contributed by atoms with Gasteiger partial charge in [-0.05, 0) is 24.5 Å². The molecule has 1 unspecified atom stereocenters. The Labute approximate surface area is 106 Å². The predicted octanol–water partition coefficient (Wildman–Crippen LogP) is 2.15. The van der Waals surface area contributed by atoms with Gasteiger partial charge >= 0.3 is 0 Å². The molecule has 0 radical (unpaired) electrons. The molecule has 1 aromatic rings. The van der Waals surface area contributed by atoms with E-state index in [9.17, 15) is 4.79 Å². The fourth-order valence-electron chi connectivity index (χ4n) is 1.94. The van der Waals surface area contributed by atoms with Gasteiger partial charge in [0.15, 0.2) is 6.61 Å². The van der Waals surface area contributed by atoms with E-state index in [0.717, 1.165) is 25.3 Å². The Morgan fingerprint density at radius 2 is 2.18 bits per heavy atom. The standard InChI is InChI=1S/C13H16ClNO2/c14-8-11-6-7-15(9-11)13(16)10-17-12-4-2-1-3-5-12/h1-5,11H,6-10H2. The van der Waals surface area contributed by atoms with Crippen molar-refractivity contribution >= 4 is 17.5 Å². The summed E-state index contributed by atoms with van der Waals surface area (Å²) in [4.78, 5) is 13.7. The predicted molar refractivity (Wildman–Crippen MR) is 67.3 cm³/mol. The molecule has 1 atom stereocenters. The number of alkyl halides is 1. The van der Waals surface area contributed by atoms with Crippen molar-refractivity contribution in [2.45, 2.75) is 6.42 Å². The molecular weight excluding hydrogens is 238 g/mol. The maximum atomic E-state index is 11.8. The topological polar surface area (TPSA) is 29.5 Å². The summed E-state index contributed by atoms with van der Waals surface area (Å²) in [5.41, 5.74) is 0. The first-order valence-corrected chi connectivity index (χ1v) is 6.34. The zero-order valence-electron chi connectivity index (χ0n) is 9.64. The second-order valence-electron chi connectivity index (χ2n) is 4.25. The number of carbonyl (C=O) groups is 1. The molecule has 1 heterocycles. The van der Waals surface area contributed by atoms with Crippen LogP contribution in [0.3, 0.4) is 0 Å². The average Bonchev–Trinajstić information content (AvgIpc) is 2.86. The SMILES string of the molecule is O=C(COc1ccccc1)N1CCC(CCl)C1. The minimum absolute atomic E-state index is 0.0430. The normalized spacial score (nSPS) is 19.4. The molecular formula is C13H16ClNO2. The highest BCUT2D eigenvalue weighted by Crippen LogP contribution is 2.17. The third kappa shape index (κ3) is 3.37. The molecule has 0 aliphatic carbocycles. The number of carbonyl (C=O) groups excluding carboxylic acids is 1. The molecule has 0 aromatic heterocycles. The van der Waals surface area contributed by atoms with Crippen molar-refractivity contribution in [3.8, 4) is 5.75 Å². The van der Waals surface area contributed by atoms with Crippen molar-refractivity contribution in [3.63, 3.8) is 0 Å². The molecule has 1 aliphatic heterocycles. The third-order valence-corrected chi connectivity index (χ3v) is 3.40. The van der Waals surface area contributed by atoms with Crippen LogP contribution in [0.1, 0.15) is 6.42 Å². The van der Waals surface area contributed by atoms with Crippen molar-refractivity contribution in [1.82, 2.24) is 4.90 Å². The van der Waals surface area contributed by atoms with Gasteiger partial charge in [0.05, 0.1) is 0 Å². The largest absolute Gasteiger partial charge is 0.484 e. The molecule has 1 saturated heterocycles. The quantitative estimate of drug-likeness (QED) is 0.770. The van der Waals surface area contributed by atoms with E-state index in [4.69, 9.17) is 16.3 Å². The fourth-order valence-corrected chi connectivity index (χ4v) is 2.19. The van der Waals surface area contributed by atoms with Crippen LogP contribution in [-0.4, -0.2) is 36.4 Å². The van der Waals surface area contributed by atoms with Gasteiger partial charge in [0, 0.05) is 19.0 Å². The summed E-state index contributed by atoms with van der Waals surface area (Å²) in [6, 6.07) is 9.39. The van der Waals surface area contributed by atoms with Crippen molar-refractivity contribution in [3.05, 3.63) is 30.3 Å². The lowest BCUT2D eigenvalue weighted by Gasteiger charge is -2.16. The highest BCUT2D eigenvalue weighted by Gasteiger charge is 2.25. The van der Waals surface area contributed by atoms with E-state index in [-0.39, 0.29) is 12.5 Å². The summed E-state index contributed by atoms with van der Waals surface area (Å²) in [6.07, 6.45) is 1.00. The summed E-state index contributed by atoms with van der Waals surface area (Å²) in [5, 5.41) is 0. The summed E-state index contributed by atoms with van der Waals surface area (Å²) >= 11 is 5.78. The minimum Gasteiger partial charge on any atom is -0.484 e. The first kappa shape index (κ1) is 12.2. The molecule has 4 heteroatoms. The van der Waals surface area contributed by atoms with Crippen molar-refractivity contribution in [1.29, 1.82) is 0 Å². The van der Waals surface area contributed by atoms with Gasteiger partial charge in [-0.25, -0.2) is 0 Å². The fraction of sp³-hybridized carbons (Fsp3) is 0.462. The van der Waals surface area contributed by atoms with Gasteiger partial charge in [0.25, 0.3) is 5.91 Å². The van der Waals surface area contributed by atoms with Crippen LogP contribution in [-0.2, 0) is 4.79 Å². The zero-order valence-corrected chi connectivity index (χ0v) is 10.4.